The zero-order valence-corrected chi connectivity index (χ0v) is 16.9. The Balaban J connectivity index is 1.73. The zero-order valence-electron chi connectivity index (χ0n) is 14.5. The number of halogens is 2. The standard InChI is InChI=1S/C20H17BrFN3OS/c1-2-25-19(18(24-20(25)27)15-5-3-4-10-23-15)17-9-8-16(26-17)13-7-6-12(22)11-14(13)21/h3-11,18-19H,2H2,1H3,(H,24,27)/t18-,19+/m1/s1. The van der Waals surface area contributed by atoms with Gasteiger partial charge in [0.25, 0.3) is 0 Å². The molecule has 1 aromatic carbocycles. The summed E-state index contributed by atoms with van der Waals surface area (Å²) < 4.78 is 20.2. The average Bonchev–Trinajstić information content (AvgIpc) is 3.26. The van der Waals surface area contributed by atoms with Crippen LogP contribution in [0.5, 0.6) is 0 Å². The van der Waals surface area contributed by atoms with Gasteiger partial charge in [0, 0.05) is 22.8 Å². The number of thiocarbonyl (C=S) groups is 1. The van der Waals surface area contributed by atoms with Crippen LogP contribution < -0.4 is 5.32 Å². The van der Waals surface area contributed by atoms with E-state index in [1.807, 2.05) is 30.3 Å². The molecule has 1 N–H and O–H groups in total. The van der Waals surface area contributed by atoms with Gasteiger partial charge < -0.3 is 14.6 Å². The van der Waals surface area contributed by atoms with Gasteiger partial charge >= 0.3 is 0 Å². The molecule has 1 aliphatic rings. The summed E-state index contributed by atoms with van der Waals surface area (Å²) in [6, 6.07) is 14.0. The first kappa shape index (κ1) is 18.1. The summed E-state index contributed by atoms with van der Waals surface area (Å²) in [5, 5.41) is 4.04. The van der Waals surface area contributed by atoms with Crippen molar-refractivity contribution in [2.24, 2.45) is 0 Å². The van der Waals surface area contributed by atoms with Crippen molar-refractivity contribution >= 4 is 33.3 Å². The number of likely N-dealkylation sites (N-methyl/N-ethyl adjacent to an activating group) is 1. The molecule has 4 nitrogen and oxygen atoms in total. The zero-order chi connectivity index (χ0) is 19.0. The molecule has 3 aromatic rings. The SMILES string of the molecule is CCN1C(=S)N[C@H](c2ccccn2)[C@@H]1c1ccc(-c2ccc(F)cc2Br)o1. The van der Waals surface area contributed by atoms with E-state index in [0.29, 0.717) is 15.3 Å². The van der Waals surface area contributed by atoms with Crippen LogP contribution in [-0.2, 0) is 0 Å². The van der Waals surface area contributed by atoms with Crippen LogP contribution >= 0.6 is 28.1 Å². The first-order chi connectivity index (χ1) is 13.1. The number of aromatic nitrogens is 1. The Hall–Kier alpha value is -2.25. The lowest BCUT2D eigenvalue weighted by Gasteiger charge is -2.24. The van der Waals surface area contributed by atoms with Gasteiger partial charge in [-0.2, -0.15) is 0 Å². The molecule has 138 valence electrons. The summed E-state index contributed by atoms with van der Waals surface area (Å²) in [6.45, 7) is 2.80. The molecule has 2 atom stereocenters. The molecular weight excluding hydrogens is 429 g/mol. The fraction of sp³-hybridized carbons (Fsp3) is 0.200. The van der Waals surface area contributed by atoms with Crippen LogP contribution in [0.25, 0.3) is 11.3 Å². The molecule has 4 rings (SSSR count). The van der Waals surface area contributed by atoms with Crippen molar-refractivity contribution in [1.82, 2.24) is 15.2 Å². The molecule has 1 aliphatic heterocycles. The Morgan fingerprint density at radius 1 is 1.26 bits per heavy atom. The van der Waals surface area contributed by atoms with Gasteiger partial charge in [0.05, 0.1) is 11.7 Å². The van der Waals surface area contributed by atoms with E-state index in [4.69, 9.17) is 16.6 Å². The number of hydrogen-bond donors (Lipinski definition) is 1. The van der Waals surface area contributed by atoms with E-state index >= 15 is 0 Å². The lowest BCUT2D eigenvalue weighted by Crippen LogP contribution is -2.29. The Morgan fingerprint density at radius 2 is 2.11 bits per heavy atom. The number of furan rings is 1. The Morgan fingerprint density at radius 3 is 2.81 bits per heavy atom. The van der Waals surface area contributed by atoms with Crippen molar-refractivity contribution in [3.63, 3.8) is 0 Å². The number of benzene rings is 1. The topological polar surface area (TPSA) is 41.3 Å². The number of nitrogens with zero attached hydrogens (tertiary/aromatic N) is 2. The maximum atomic E-state index is 13.4. The molecular formula is C20H17BrFN3OS. The largest absolute Gasteiger partial charge is 0.459 e. The predicted molar refractivity (Wildman–Crippen MR) is 110 cm³/mol. The Kier molecular flexibility index (Phi) is 4.97. The van der Waals surface area contributed by atoms with Crippen molar-refractivity contribution in [1.29, 1.82) is 0 Å². The highest BCUT2D eigenvalue weighted by atomic mass is 79.9. The van der Waals surface area contributed by atoms with E-state index in [9.17, 15) is 4.39 Å². The first-order valence-electron chi connectivity index (χ1n) is 8.61. The molecule has 1 fully saturated rings. The predicted octanol–water partition coefficient (Wildman–Crippen LogP) is 5.24. The quantitative estimate of drug-likeness (QED) is 0.556. The minimum absolute atomic E-state index is 0.102. The van der Waals surface area contributed by atoms with Gasteiger partial charge in [-0.25, -0.2) is 4.39 Å². The third-order valence-electron chi connectivity index (χ3n) is 4.65. The van der Waals surface area contributed by atoms with Crippen LogP contribution in [0, 0.1) is 5.82 Å². The number of nitrogens with one attached hydrogen (secondary N) is 1. The normalized spacial score (nSPS) is 19.4. The summed E-state index contributed by atoms with van der Waals surface area (Å²) in [7, 11) is 0. The molecule has 0 unspecified atom stereocenters. The fourth-order valence-electron chi connectivity index (χ4n) is 3.40. The minimum atomic E-state index is -0.296. The molecule has 0 aliphatic carbocycles. The maximum Gasteiger partial charge on any atom is 0.170 e. The van der Waals surface area contributed by atoms with Crippen LogP contribution in [0.1, 0.15) is 30.5 Å². The summed E-state index contributed by atoms with van der Waals surface area (Å²) in [5.74, 6) is 1.16. The molecule has 7 heteroatoms. The van der Waals surface area contributed by atoms with Crippen molar-refractivity contribution in [3.05, 3.63) is 76.5 Å². The first-order valence-corrected chi connectivity index (χ1v) is 9.82. The monoisotopic (exact) mass is 445 g/mol. The third kappa shape index (κ3) is 3.37. The summed E-state index contributed by atoms with van der Waals surface area (Å²) in [6.07, 6.45) is 1.77. The third-order valence-corrected chi connectivity index (χ3v) is 5.66. The lowest BCUT2D eigenvalue weighted by atomic mass is 10.0. The average molecular weight is 446 g/mol. The highest BCUT2D eigenvalue weighted by molar-refractivity contribution is 9.10. The van der Waals surface area contributed by atoms with E-state index in [1.54, 1.807) is 12.3 Å². The van der Waals surface area contributed by atoms with Crippen molar-refractivity contribution in [2.75, 3.05) is 6.54 Å². The van der Waals surface area contributed by atoms with E-state index in [0.717, 1.165) is 23.6 Å². The Labute approximate surface area is 170 Å². The molecule has 0 amide bonds. The molecule has 0 saturated carbocycles. The van der Waals surface area contributed by atoms with E-state index in [2.05, 4.69) is 38.1 Å². The van der Waals surface area contributed by atoms with Gasteiger partial charge in [-0.15, -0.1) is 0 Å². The van der Waals surface area contributed by atoms with Crippen molar-refractivity contribution in [3.8, 4) is 11.3 Å². The molecule has 0 radical (unpaired) electrons. The van der Waals surface area contributed by atoms with Gasteiger partial charge in [0.1, 0.15) is 23.4 Å². The van der Waals surface area contributed by atoms with E-state index in [-0.39, 0.29) is 17.9 Å². The second-order valence-corrected chi connectivity index (χ2v) is 7.48. The van der Waals surface area contributed by atoms with Crippen LogP contribution in [0.4, 0.5) is 4.39 Å². The molecule has 2 aromatic heterocycles. The van der Waals surface area contributed by atoms with Gasteiger partial charge in [-0.3, -0.25) is 4.98 Å². The van der Waals surface area contributed by atoms with Crippen LogP contribution in [0.3, 0.4) is 0 Å². The summed E-state index contributed by atoms with van der Waals surface area (Å²) in [4.78, 5) is 6.58. The van der Waals surface area contributed by atoms with Gasteiger partial charge in [-0.05, 0) is 77.5 Å². The van der Waals surface area contributed by atoms with Crippen LogP contribution in [0.2, 0.25) is 0 Å². The van der Waals surface area contributed by atoms with Crippen molar-refractivity contribution in [2.45, 2.75) is 19.0 Å². The van der Waals surface area contributed by atoms with Crippen LogP contribution in [-0.4, -0.2) is 21.5 Å². The van der Waals surface area contributed by atoms with E-state index in [1.165, 1.54) is 12.1 Å². The molecule has 3 heterocycles. The summed E-state index contributed by atoms with van der Waals surface area (Å²) >= 11 is 8.93. The minimum Gasteiger partial charge on any atom is -0.459 e. The second-order valence-electron chi connectivity index (χ2n) is 6.24. The Bertz CT molecular complexity index is 978. The molecule has 1 saturated heterocycles. The smallest absolute Gasteiger partial charge is 0.170 e. The molecule has 27 heavy (non-hydrogen) atoms. The number of pyridine rings is 1. The maximum absolute atomic E-state index is 13.4. The molecule has 0 bridgehead atoms. The summed E-state index contributed by atoms with van der Waals surface area (Å²) in [5.41, 5.74) is 1.70. The van der Waals surface area contributed by atoms with Crippen LogP contribution in [0.15, 0.2) is 63.6 Å². The highest BCUT2D eigenvalue weighted by Crippen LogP contribution is 2.41. The lowest BCUT2D eigenvalue weighted by molar-refractivity contribution is 0.284. The van der Waals surface area contributed by atoms with Gasteiger partial charge in [0.2, 0.25) is 0 Å². The highest BCUT2D eigenvalue weighted by Gasteiger charge is 2.40. The fourth-order valence-corrected chi connectivity index (χ4v) is 4.32. The van der Waals surface area contributed by atoms with Crippen molar-refractivity contribution < 1.29 is 8.81 Å². The molecule has 0 spiro atoms. The van der Waals surface area contributed by atoms with Gasteiger partial charge in [-0.1, -0.05) is 6.07 Å². The van der Waals surface area contributed by atoms with E-state index < -0.39 is 0 Å². The number of rotatable bonds is 4. The number of hydrogen-bond acceptors (Lipinski definition) is 3. The van der Waals surface area contributed by atoms with Gasteiger partial charge in [0.15, 0.2) is 5.11 Å². The second kappa shape index (κ2) is 7.40.